The molecule has 0 saturated heterocycles. The van der Waals surface area contributed by atoms with Gasteiger partial charge in [0.05, 0.1) is 11.5 Å². The van der Waals surface area contributed by atoms with Crippen LogP contribution in [0.3, 0.4) is 0 Å². The Labute approximate surface area is 184 Å². The second kappa shape index (κ2) is 18.8. The van der Waals surface area contributed by atoms with E-state index in [4.69, 9.17) is 0 Å². The fraction of sp³-hybridized carbons (Fsp3) is 0.706. The first-order valence-corrected chi connectivity index (χ1v) is 10.3. The first-order chi connectivity index (χ1) is 12.4. The predicted molar refractivity (Wildman–Crippen MR) is 98.4 cm³/mol. The molecule has 0 N–H and O–H groups in total. The summed E-state index contributed by atoms with van der Waals surface area (Å²) in [5, 5.41) is 9.98. The van der Waals surface area contributed by atoms with E-state index in [1.807, 2.05) is 0 Å². The maximum absolute atomic E-state index is 10.1. The van der Waals surface area contributed by atoms with E-state index in [0.29, 0.717) is 6.42 Å². The van der Waals surface area contributed by atoms with Gasteiger partial charge in [0.25, 0.3) is 5.69 Å². The van der Waals surface area contributed by atoms with Crippen molar-refractivity contribution in [3.63, 3.8) is 0 Å². The number of nitro groups is 1. The zero-order chi connectivity index (χ0) is 19.7. The Balaban J connectivity index is 0. The minimum absolute atomic E-state index is 0. The van der Waals surface area contributed by atoms with Crippen molar-refractivity contribution >= 4 is 16.1 Å². The Morgan fingerprint density at radius 2 is 1.41 bits per heavy atom. The molecule has 0 atom stereocenters. The van der Waals surface area contributed by atoms with Crippen molar-refractivity contribution in [3.05, 3.63) is 34.6 Å². The Bertz CT molecular complexity index is 572. The summed E-state index contributed by atoms with van der Waals surface area (Å²) in [6.07, 6.45) is 14.5. The zero-order valence-electron chi connectivity index (χ0n) is 16.3. The molecule has 0 unspecified atom stereocenters. The molecule has 1 aromatic heterocycles. The van der Waals surface area contributed by atoms with E-state index in [9.17, 15) is 23.1 Å². The normalized spacial score (nSPS) is 10.4. The number of pyridine rings is 1. The first kappa shape index (κ1) is 28.6. The zero-order valence-corrected chi connectivity index (χ0v) is 19.2. The van der Waals surface area contributed by atoms with Crippen molar-refractivity contribution in [1.82, 2.24) is 4.98 Å². The Morgan fingerprint density at radius 1 is 0.963 bits per heavy atom. The third kappa shape index (κ3) is 21.6. The van der Waals surface area contributed by atoms with Crippen LogP contribution in [0.5, 0.6) is 0 Å². The molecule has 0 amide bonds. The molecule has 0 aliphatic rings. The molecule has 0 radical (unpaired) electrons. The molecule has 0 aromatic carbocycles. The smallest absolute Gasteiger partial charge is 0.726 e. The van der Waals surface area contributed by atoms with Gasteiger partial charge in [0.1, 0.15) is 0 Å². The summed E-state index contributed by atoms with van der Waals surface area (Å²) in [7, 11) is -4.48. The van der Waals surface area contributed by atoms with Crippen molar-refractivity contribution in [2.75, 3.05) is 6.61 Å². The van der Waals surface area contributed by atoms with Crippen LogP contribution < -0.4 is 29.6 Å². The van der Waals surface area contributed by atoms with Crippen LogP contribution >= 0.6 is 0 Å². The van der Waals surface area contributed by atoms with E-state index in [-0.39, 0.29) is 41.9 Å². The van der Waals surface area contributed by atoms with E-state index >= 15 is 0 Å². The van der Waals surface area contributed by atoms with Gasteiger partial charge in [0.15, 0.2) is 0 Å². The number of nitrogens with zero attached hydrogens (tertiary/aromatic N) is 2. The van der Waals surface area contributed by atoms with Gasteiger partial charge in [-0.05, 0) is 6.42 Å². The van der Waals surface area contributed by atoms with Crippen molar-refractivity contribution in [3.8, 4) is 0 Å². The van der Waals surface area contributed by atoms with E-state index in [1.165, 1.54) is 69.5 Å². The molecular weight excluding hydrogens is 383 g/mol. The molecule has 0 aliphatic heterocycles. The molecule has 1 aromatic rings. The maximum atomic E-state index is 10.1. The van der Waals surface area contributed by atoms with Crippen LogP contribution in [-0.2, 0) is 14.6 Å². The average Bonchev–Trinajstić information content (AvgIpc) is 2.60. The Kier molecular flexibility index (Phi) is 19.9. The van der Waals surface area contributed by atoms with Crippen molar-refractivity contribution in [2.24, 2.45) is 0 Å². The third-order valence-corrected chi connectivity index (χ3v) is 4.05. The fourth-order valence-corrected chi connectivity index (χ4v) is 2.54. The number of hydrogen-bond donors (Lipinski definition) is 0. The number of rotatable bonds is 13. The van der Waals surface area contributed by atoms with Crippen LogP contribution in [0.15, 0.2) is 24.5 Å². The molecule has 0 spiro atoms. The van der Waals surface area contributed by atoms with Crippen molar-refractivity contribution in [2.45, 2.75) is 71.1 Å². The van der Waals surface area contributed by atoms with Gasteiger partial charge in [-0.1, -0.05) is 64.7 Å². The largest absolute Gasteiger partial charge is 1.00 e. The van der Waals surface area contributed by atoms with Crippen molar-refractivity contribution < 1.29 is 51.6 Å². The summed E-state index contributed by atoms with van der Waals surface area (Å²) in [5.74, 6) is 0. The summed E-state index contributed by atoms with van der Waals surface area (Å²) in [4.78, 5) is 13.1. The second-order valence-electron chi connectivity index (χ2n) is 5.87. The van der Waals surface area contributed by atoms with Crippen LogP contribution in [0, 0.1) is 10.1 Å². The standard InChI is InChI=1S/C12H26O4S.C5H4N2O2.Na/c1-2-3-4-5-6-7-8-9-10-11-12-16-17(13,14)15;8-7(9)5-1-3-6-4-2-5;/h2-12H2,1H3,(H,13,14,15);1-4H;/q;;+1/p-1. The number of aromatic nitrogens is 1. The second-order valence-corrected chi connectivity index (χ2v) is 6.93. The van der Waals surface area contributed by atoms with Gasteiger partial charge < -0.3 is 4.55 Å². The fourth-order valence-electron chi connectivity index (χ4n) is 2.22. The van der Waals surface area contributed by atoms with Crippen LogP contribution in [-0.4, -0.2) is 29.5 Å². The number of unbranched alkanes of at least 4 members (excludes halogenated alkanes) is 9. The summed E-state index contributed by atoms with van der Waals surface area (Å²) >= 11 is 0. The van der Waals surface area contributed by atoms with E-state index < -0.39 is 15.3 Å². The number of hydrogen-bond acceptors (Lipinski definition) is 7. The van der Waals surface area contributed by atoms with Gasteiger partial charge in [0, 0.05) is 24.5 Å². The Morgan fingerprint density at radius 3 is 1.78 bits per heavy atom. The van der Waals surface area contributed by atoms with Gasteiger partial charge in [-0.2, -0.15) is 0 Å². The van der Waals surface area contributed by atoms with Crippen LogP contribution in [0.2, 0.25) is 0 Å². The van der Waals surface area contributed by atoms with Gasteiger partial charge in [-0.25, -0.2) is 8.42 Å². The van der Waals surface area contributed by atoms with Gasteiger partial charge in [-0.15, -0.1) is 0 Å². The topological polar surface area (TPSA) is 122 Å². The predicted octanol–water partition coefficient (Wildman–Crippen LogP) is 1.38. The Hall–Kier alpha value is -0.580. The maximum Gasteiger partial charge on any atom is 1.00 e. The minimum atomic E-state index is -4.48. The molecule has 1 rings (SSSR count). The molecule has 150 valence electrons. The third-order valence-electron chi connectivity index (χ3n) is 3.60. The van der Waals surface area contributed by atoms with Crippen LogP contribution in [0.1, 0.15) is 71.1 Å². The van der Waals surface area contributed by atoms with Gasteiger partial charge in [0.2, 0.25) is 10.4 Å². The molecule has 0 saturated carbocycles. The SMILES string of the molecule is CCCCCCCCCCCCOS(=O)(=O)[O-].O=[N+]([O-])c1ccncc1.[Na+]. The summed E-state index contributed by atoms with van der Waals surface area (Å²) < 4.78 is 34.5. The van der Waals surface area contributed by atoms with Crippen LogP contribution in [0.25, 0.3) is 0 Å². The molecule has 1 heterocycles. The minimum Gasteiger partial charge on any atom is -0.726 e. The van der Waals surface area contributed by atoms with Crippen molar-refractivity contribution in [1.29, 1.82) is 0 Å². The molecule has 0 fully saturated rings. The molecule has 0 bridgehead atoms. The summed E-state index contributed by atoms with van der Waals surface area (Å²) in [6.45, 7) is 2.24. The monoisotopic (exact) mass is 412 g/mol. The molecule has 10 heteroatoms. The van der Waals surface area contributed by atoms with Gasteiger partial charge in [-0.3, -0.25) is 19.3 Å². The van der Waals surface area contributed by atoms with E-state index in [0.717, 1.165) is 12.8 Å². The van der Waals surface area contributed by atoms with E-state index in [1.54, 1.807) is 0 Å². The first-order valence-electron chi connectivity index (χ1n) is 9.01. The molecule has 8 nitrogen and oxygen atoms in total. The van der Waals surface area contributed by atoms with E-state index in [2.05, 4.69) is 16.1 Å². The molecule has 27 heavy (non-hydrogen) atoms. The molecule has 0 aliphatic carbocycles. The quantitative estimate of drug-likeness (QED) is 0.120. The van der Waals surface area contributed by atoms with Gasteiger partial charge >= 0.3 is 29.6 Å². The molecular formula is C17H29N2NaO6S. The average molecular weight is 412 g/mol. The summed E-state index contributed by atoms with van der Waals surface area (Å²) in [6, 6.07) is 2.69. The summed E-state index contributed by atoms with van der Waals surface area (Å²) in [5.41, 5.74) is 0.0741. The van der Waals surface area contributed by atoms with Crippen LogP contribution in [0.4, 0.5) is 5.69 Å².